The summed E-state index contributed by atoms with van der Waals surface area (Å²) in [7, 11) is 0. The predicted octanol–water partition coefficient (Wildman–Crippen LogP) is 4.93. The van der Waals surface area contributed by atoms with Crippen LogP contribution in [0.25, 0.3) is 0 Å². The number of hydrogen-bond acceptors (Lipinski definition) is 4. The van der Waals surface area contributed by atoms with Crippen molar-refractivity contribution in [1.82, 2.24) is 9.97 Å². The molecule has 0 amide bonds. The zero-order valence-electron chi connectivity index (χ0n) is 13.1. The van der Waals surface area contributed by atoms with Crippen LogP contribution in [0.5, 0.6) is 0 Å². The Morgan fingerprint density at radius 1 is 1.04 bits per heavy atom. The van der Waals surface area contributed by atoms with Crippen LogP contribution in [0.2, 0.25) is 5.02 Å². The lowest BCUT2D eigenvalue weighted by Gasteiger charge is -2.11. The average Bonchev–Trinajstić information content (AvgIpc) is 2.59. The van der Waals surface area contributed by atoms with Crippen LogP contribution in [0.15, 0.2) is 54.9 Å². The number of nitrogens with one attached hydrogen (secondary N) is 2. The molecule has 0 saturated heterocycles. The average molecular weight is 343 g/mol. The SMILES string of the molecule is Cc1c(Cl)cccc1Nc1cc(NCc2ccc(F)cc2)ncn1. The normalized spacial score (nSPS) is 10.5. The van der Waals surface area contributed by atoms with Crippen molar-refractivity contribution in [2.45, 2.75) is 13.5 Å². The van der Waals surface area contributed by atoms with Crippen molar-refractivity contribution in [3.8, 4) is 0 Å². The minimum atomic E-state index is -0.246. The summed E-state index contributed by atoms with van der Waals surface area (Å²) >= 11 is 6.13. The standard InChI is InChI=1S/C18H16ClFN4/c1-12-15(19)3-2-4-16(12)24-18-9-17(22-11-23-18)21-10-13-5-7-14(20)8-6-13/h2-9,11H,10H2,1H3,(H2,21,22,23,24). The molecule has 0 unspecified atom stereocenters. The van der Waals surface area contributed by atoms with Gasteiger partial charge in [0.05, 0.1) is 0 Å². The van der Waals surface area contributed by atoms with E-state index in [1.807, 2.05) is 31.2 Å². The molecule has 0 fully saturated rings. The van der Waals surface area contributed by atoms with Crippen LogP contribution in [-0.2, 0) is 6.54 Å². The summed E-state index contributed by atoms with van der Waals surface area (Å²) in [4.78, 5) is 8.41. The first-order chi connectivity index (χ1) is 11.6. The van der Waals surface area contributed by atoms with Gasteiger partial charge in [-0.2, -0.15) is 0 Å². The van der Waals surface area contributed by atoms with Crippen LogP contribution in [-0.4, -0.2) is 9.97 Å². The molecular formula is C18H16ClFN4. The van der Waals surface area contributed by atoms with Crippen molar-refractivity contribution in [2.24, 2.45) is 0 Å². The maximum Gasteiger partial charge on any atom is 0.135 e. The highest BCUT2D eigenvalue weighted by atomic mass is 35.5. The monoisotopic (exact) mass is 342 g/mol. The molecule has 0 spiro atoms. The zero-order chi connectivity index (χ0) is 16.9. The van der Waals surface area contributed by atoms with E-state index in [1.54, 1.807) is 12.1 Å². The number of anilines is 3. The Bertz CT molecular complexity index is 837. The second-order valence-corrected chi connectivity index (χ2v) is 5.71. The number of hydrogen-bond donors (Lipinski definition) is 2. The van der Waals surface area contributed by atoms with Gasteiger partial charge in [-0.3, -0.25) is 0 Å². The first kappa shape index (κ1) is 16.2. The van der Waals surface area contributed by atoms with Crippen molar-refractivity contribution < 1.29 is 4.39 Å². The molecule has 3 aromatic rings. The Balaban J connectivity index is 1.69. The molecular weight excluding hydrogens is 327 g/mol. The molecule has 6 heteroatoms. The molecule has 24 heavy (non-hydrogen) atoms. The van der Waals surface area contributed by atoms with E-state index < -0.39 is 0 Å². The second-order valence-electron chi connectivity index (χ2n) is 5.31. The van der Waals surface area contributed by atoms with Gasteiger partial charge in [0.1, 0.15) is 23.8 Å². The van der Waals surface area contributed by atoms with Crippen LogP contribution < -0.4 is 10.6 Å². The van der Waals surface area contributed by atoms with E-state index in [2.05, 4.69) is 20.6 Å². The summed E-state index contributed by atoms with van der Waals surface area (Å²) in [6.45, 7) is 2.49. The molecule has 0 aliphatic carbocycles. The van der Waals surface area contributed by atoms with Gasteiger partial charge in [0.15, 0.2) is 0 Å². The highest BCUT2D eigenvalue weighted by Crippen LogP contribution is 2.25. The molecule has 1 heterocycles. The molecule has 0 bridgehead atoms. The lowest BCUT2D eigenvalue weighted by molar-refractivity contribution is 0.627. The van der Waals surface area contributed by atoms with Crippen LogP contribution in [0.4, 0.5) is 21.7 Å². The molecule has 2 aromatic carbocycles. The topological polar surface area (TPSA) is 49.8 Å². The minimum Gasteiger partial charge on any atom is -0.366 e. The summed E-state index contributed by atoms with van der Waals surface area (Å²) in [5.41, 5.74) is 2.82. The Hall–Kier alpha value is -2.66. The first-order valence-electron chi connectivity index (χ1n) is 7.44. The van der Waals surface area contributed by atoms with Crippen LogP contribution in [0, 0.1) is 12.7 Å². The Morgan fingerprint density at radius 2 is 1.79 bits per heavy atom. The van der Waals surface area contributed by atoms with E-state index in [4.69, 9.17) is 11.6 Å². The summed E-state index contributed by atoms with van der Waals surface area (Å²) in [6, 6.07) is 13.8. The van der Waals surface area contributed by atoms with Gasteiger partial charge in [-0.15, -0.1) is 0 Å². The lowest BCUT2D eigenvalue weighted by atomic mass is 10.2. The molecule has 0 aliphatic heterocycles. The van der Waals surface area contributed by atoms with Crippen molar-refractivity contribution in [3.63, 3.8) is 0 Å². The first-order valence-corrected chi connectivity index (χ1v) is 7.82. The quantitative estimate of drug-likeness (QED) is 0.690. The van der Waals surface area contributed by atoms with Crippen LogP contribution in [0.1, 0.15) is 11.1 Å². The Morgan fingerprint density at radius 3 is 2.58 bits per heavy atom. The van der Waals surface area contributed by atoms with Gasteiger partial charge in [0, 0.05) is 23.3 Å². The van der Waals surface area contributed by atoms with E-state index in [0.717, 1.165) is 16.8 Å². The summed E-state index contributed by atoms with van der Waals surface area (Å²) in [5.74, 6) is 1.10. The molecule has 2 N–H and O–H groups in total. The fourth-order valence-electron chi connectivity index (χ4n) is 2.20. The maximum atomic E-state index is 12.9. The van der Waals surface area contributed by atoms with Gasteiger partial charge in [0.2, 0.25) is 0 Å². The van der Waals surface area contributed by atoms with Crippen molar-refractivity contribution >= 4 is 28.9 Å². The highest BCUT2D eigenvalue weighted by molar-refractivity contribution is 6.31. The summed E-state index contributed by atoms with van der Waals surface area (Å²) < 4.78 is 12.9. The third-order valence-corrected chi connectivity index (χ3v) is 3.99. The fourth-order valence-corrected chi connectivity index (χ4v) is 2.37. The van der Waals surface area contributed by atoms with E-state index in [-0.39, 0.29) is 5.82 Å². The smallest absolute Gasteiger partial charge is 0.135 e. The number of rotatable bonds is 5. The van der Waals surface area contributed by atoms with Crippen molar-refractivity contribution in [1.29, 1.82) is 0 Å². The lowest BCUT2D eigenvalue weighted by Crippen LogP contribution is -2.03. The third-order valence-electron chi connectivity index (χ3n) is 3.58. The number of benzene rings is 2. The van der Waals surface area contributed by atoms with E-state index in [0.29, 0.717) is 23.2 Å². The van der Waals surface area contributed by atoms with E-state index >= 15 is 0 Å². The largest absolute Gasteiger partial charge is 0.366 e. The van der Waals surface area contributed by atoms with Crippen molar-refractivity contribution in [2.75, 3.05) is 10.6 Å². The van der Waals surface area contributed by atoms with Crippen LogP contribution >= 0.6 is 11.6 Å². The van der Waals surface area contributed by atoms with Gasteiger partial charge in [0.25, 0.3) is 0 Å². The molecule has 0 saturated carbocycles. The maximum absolute atomic E-state index is 12.9. The van der Waals surface area contributed by atoms with Crippen LogP contribution in [0.3, 0.4) is 0 Å². The molecule has 4 nitrogen and oxygen atoms in total. The molecule has 0 radical (unpaired) electrons. The van der Waals surface area contributed by atoms with E-state index in [9.17, 15) is 4.39 Å². The molecule has 0 aliphatic rings. The van der Waals surface area contributed by atoms with Gasteiger partial charge >= 0.3 is 0 Å². The Labute approximate surface area is 144 Å². The van der Waals surface area contributed by atoms with Crippen molar-refractivity contribution in [3.05, 3.63) is 76.8 Å². The van der Waals surface area contributed by atoms with Gasteiger partial charge in [-0.25, -0.2) is 14.4 Å². The van der Waals surface area contributed by atoms with Gasteiger partial charge in [-0.05, 0) is 42.3 Å². The van der Waals surface area contributed by atoms with E-state index in [1.165, 1.54) is 18.5 Å². The fraction of sp³-hybridized carbons (Fsp3) is 0.111. The minimum absolute atomic E-state index is 0.246. The summed E-state index contributed by atoms with van der Waals surface area (Å²) in [6.07, 6.45) is 1.48. The molecule has 3 rings (SSSR count). The molecule has 122 valence electrons. The molecule has 1 aromatic heterocycles. The second kappa shape index (κ2) is 7.27. The predicted molar refractivity (Wildman–Crippen MR) is 95.2 cm³/mol. The highest BCUT2D eigenvalue weighted by Gasteiger charge is 2.04. The third kappa shape index (κ3) is 4.00. The number of aromatic nitrogens is 2. The number of nitrogens with zero attached hydrogens (tertiary/aromatic N) is 2. The molecule has 0 atom stereocenters. The number of halogens is 2. The van der Waals surface area contributed by atoms with Gasteiger partial charge < -0.3 is 10.6 Å². The zero-order valence-corrected chi connectivity index (χ0v) is 13.8. The summed E-state index contributed by atoms with van der Waals surface area (Å²) in [5, 5.41) is 7.12. The Kier molecular flexibility index (Phi) is 4.91. The van der Waals surface area contributed by atoms with Gasteiger partial charge in [-0.1, -0.05) is 29.8 Å².